The molecule has 0 fully saturated rings. The summed E-state index contributed by atoms with van der Waals surface area (Å²) in [5.74, 6) is 0. The maximum Gasteiger partial charge on any atom is 2.00 e. The van der Waals surface area contributed by atoms with Crippen molar-refractivity contribution >= 4 is 46.1 Å². The second kappa shape index (κ2) is 90.9. The molecule has 0 amide bonds. The fourth-order valence-corrected chi connectivity index (χ4v) is 0. The molecule has 0 saturated carbocycles. The van der Waals surface area contributed by atoms with Crippen LogP contribution in [-0.2, 0) is 0 Å². The number of hydrogen-bond acceptors (Lipinski definition) is 2. The predicted molar refractivity (Wildman–Crippen MR) is 27.7 cm³/mol. The van der Waals surface area contributed by atoms with Crippen molar-refractivity contribution in [2.45, 2.75) is 0 Å². The van der Waals surface area contributed by atoms with Crippen LogP contribution in [0.25, 0.3) is 0 Å². The van der Waals surface area contributed by atoms with Crippen LogP contribution in [0.3, 0.4) is 0 Å². The van der Waals surface area contributed by atoms with Crippen LogP contribution in [0.4, 0.5) is 0 Å². The smallest absolute Gasteiger partial charge is 1.00 e. The first-order valence-corrected chi connectivity index (χ1v) is 0.816. The van der Waals surface area contributed by atoms with Crippen LogP contribution in [-0.4, -0.2) is 60.3 Å². The normalized spacial score (nSPS) is 2.00. The third-order valence-electron chi connectivity index (χ3n) is 0. The summed E-state index contributed by atoms with van der Waals surface area (Å²) in [5.41, 5.74) is 0. The van der Waals surface area contributed by atoms with Crippen LogP contribution in [0.15, 0.2) is 0 Å². The quantitative estimate of drug-likeness (QED) is 0.332. The molecule has 0 atom stereocenters. The van der Waals surface area contributed by atoms with Gasteiger partial charge in [0, 0.05) is 1.43 Å². The summed E-state index contributed by atoms with van der Waals surface area (Å²) in [5, 5.41) is 16.5. The molecule has 0 heterocycles. The van der Waals surface area contributed by atoms with Crippen molar-refractivity contribution in [3.63, 3.8) is 0 Å². The maximum absolute atomic E-state index is 8.25. The second-order valence-corrected chi connectivity index (χ2v) is 0. The first-order chi connectivity index (χ1) is 2.00. The third kappa shape index (κ3) is 51.2. The van der Waals surface area contributed by atoms with Gasteiger partial charge in [0.25, 0.3) is 0 Å². The van der Waals surface area contributed by atoms with Gasteiger partial charge in [0.05, 0.1) is 0 Å². The Balaban J connectivity index is -0.00000000114. The van der Waals surface area contributed by atoms with Gasteiger partial charge in [0.1, 0.15) is 0 Å². The molecule has 0 spiro atoms. The molecule has 0 radical (unpaired) electrons. The van der Waals surface area contributed by atoms with Crippen LogP contribution in [0.1, 0.15) is 4.28 Å². The molecule has 34 valence electrons. The summed E-state index contributed by atoms with van der Waals surface area (Å²) in [7, 11) is 1.50. The summed E-state index contributed by atoms with van der Waals surface area (Å²) in [6, 6.07) is 0. The molecule has 0 aromatic heterocycles. The molecule has 0 aliphatic rings. The predicted octanol–water partition coefficient (Wildman–Crippen LogP) is -2.34. The molecule has 4 heteroatoms. The zero-order valence-electron chi connectivity index (χ0n) is 6.23. The Labute approximate surface area is 74.7 Å². The van der Waals surface area contributed by atoms with E-state index in [-0.39, 0.29) is 50.4 Å². The standard InChI is InChI=1S/2CH3O.2Mg.H2.2H/c2*1-2;;;;;/h2*1H3;;;1H;;/q2*-1;2*+2;;2*-1. The Bertz CT molecular complexity index is 17.8. The van der Waals surface area contributed by atoms with E-state index < -0.39 is 0 Å². The zero-order valence-corrected chi connectivity index (χ0v) is 7.06. The van der Waals surface area contributed by atoms with Crippen molar-refractivity contribution in [3.05, 3.63) is 0 Å². The van der Waals surface area contributed by atoms with E-state index in [2.05, 4.69) is 0 Å². The van der Waals surface area contributed by atoms with Gasteiger partial charge in [-0.3, -0.25) is 0 Å². The molecule has 0 aromatic carbocycles. The Kier molecular flexibility index (Phi) is 394. The molecule has 0 aliphatic heterocycles. The topological polar surface area (TPSA) is 46.1 Å². The van der Waals surface area contributed by atoms with E-state index in [9.17, 15) is 0 Å². The van der Waals surface area contributed by atoms with Crippen LogP contribution in [0.2, 0.25) is 0 Å². The average Bonchev–Trinajstić information content (AvgIpc) is 1.50. The van der Waals surface area contributed by atoms with Gasteiger partial charge in [-0.05, 0) is 0 Å². The fourth-order valence-electron chi connectivity index (χ4n) is 0. The average molecular weight is 115 g/mol. The van der Waals surface area contributed by atoms with Gasteiger partial charge in [-0.1, -0.05) is 0 Å². The van der Waals surface area contributed by atoms with Crippen LogP contribution in [0.5, 0.6) is 0 Å². The summed E-state index contributed by atoms with van der Waals surface area (Å²) >= 11 is 0. The molecular formula is C2H10Mg2O2. The summed E-state index contributed by atoms with van der Waals surface area (Å²) in [6.45, 7) is 0. The molecule has 0 bridgehead atoms. The molecule has 0 aromatic rings. The Morgan fingerprint density at radius 1 is 1.00 bits per heavy atom. The summed E-state index contributed by atoms with van der Waals surface area (Å²) in [4.78, 5) is 0. The van der Waals surface area contributed by atoms with E-state index in [0.29, 0.717) is 0 Å². The van der Waals surface area contributed by atoms with Gasteiger partial charge < -0.3 is 13.1 Å². The largest absolute Gasteiger partial charge is 2.00 e. The van der Waals surface area contributed by atoms with Crippen molar-refractivity contribution in [2.24, 2.45) is 0 Å². The fraction of sp³-hybridized carbons (Fsp3) is 1.00. The van der Waals surface area contributed by atoms with Crippen molar-refractivity contribution in [1.29, 1.82) is 0 Å². The first-order valence-electron chi connectivity index (χ1n) is 0.816. The zero-order chi connectivity index (χ0) is 4.00. The van der Waals surface area contributed by atoms with Gasteiger partial charge in [-0.25, -0.2) is 0 Å². The van der Waals surface area contributed by atoms with E-state index >= 15 is 0 Å². The van der Waals surface area contributed by atoms with Crippen LogP contribution in [0, 0.1) is 0 Å². The minimum absolute atomic E-state index is 0. The number of hydrogen-bond donors (Lipinski definition) is 0. The molecule has 0 rings (SSSR count). The molecule has 2 nitrogen and oxygen atoms in total. The Morgan fingerprint density at radius 2 is 1.00 bits per heavy atom. The Morgan fingerprint density at radius 3 is 1.00 bits per heavy atom. The van der Waals surface area contributed by atoms with Gasteiger partial charge >= 0.3 is 46.1 Å². The van der Waals surface area contributed by atoms with Gasteiger partial charge in [-0.2, -0.15) is 14.2 Å². The third-order valence-corrected chi connectivity index (χ3v) is 0. The van der Waals surface area contributed by atoms with Crippen molar-refractivity contribution in [2.75, 3.05) is 14.2 Å². The van der Waals surface area contributed by atoms with E-state index in [1.165, 1.54) is 0 Å². The summed E-state index contributed by atoms with van der Waals surface area (Å²) < 4.78 is 0. The minimum atomic E-state index is 0. The van der Waals surface area contributed by atoms with E-state index in [0.717, 1.165) is 14.2 Å². The van der Waals surface area contributed by atoms with E-state index in [1.807, 2.05) is 0 Å². The maximum atomic E-state index is 8.25. The van der Waals surface area contributed by atoms with Crippen LogP contribution < -0.4 is 10.2 Å². The SMILES string of the molecule is C[O-].C[O-].[H-].[H-].[HH].[Mg+2].[Mg+2]. The van der Waals surface area contributed by atoms with Crippen molar-refractivity contribution < 1.29 is 14.5 Å². The van der Waals surface area contributed by atoms with E-state index in [1.54, 1.807) is 0 Å². The van der Waals surface area contributed by atoms with Gasteiger partial charge in [-0.15, -0.1) is 0 Å². The second-order valence-electron chi connectivity index (χ2n) is 0. The van der Waals surface area contributed by atoms with E-state index in [4.69, 9.17) is 10.2 Å². The minimum Gasteiger partial charge on any atom is -1.00 e. The Hall–Kier alpha value is 1.45. The first kappa shape index (κ1) is 26.0. The molecule has 6 heavy (non-hydrogen) atoms. The number of rotatable bonds is 0. The molecule has 0 N–H and O–H groups in total. The van der Waals surface area contributed by atoms with Crippen molar-refractivity contribution in [1.82, 2.24) is 0 Å². The van der Waals surface area contributed by atoms with Gasteiger partial charge in [0.2, 0.25) is 0 Å². The molecule has 0 saturated heterocycles. The summed E-state index contributed by atoms with van der Waals surface area (Å²) in [6.07, 6.45) is 0. The molecular weight excluding hydrogens is 105 g/mol. The van der Waals surface area contributed by atoms with Gasteiger partial charge in [0.15, 0.2) is 0 Å². The molecule has 0 unspecified atom stereocenters. The van der Waals surface area contributed by atoms with Crippen LogP contribution >= 0.6 is 0 Å². The van der Waals surface area contributed by atoms with Crippen molar-refractivity contribution in [3.8, 4) is 0 Å². The molecule has 0 aliphatic carbocycles. The monoisotopic (exact) mass is 114 g/mol.